The standard InChI is InChI=1S/C17H27ClN2/c1-12-10-15(16(18)19-11-12)20-14-7-5-6-13(8-9-14)17(2,3)4/h10-11,13-14,20H,5-9H2,1-4H3. The van der Waals surface area contributed by atoms with Gasteiger partial charge < -0.3 is 5.32 Å². The van der Waals surface area contributed by atoms with Gasteiger partial charge in [0.05, 0.1) is 5.69 Å². The van der Waals surface area contributed by atoms with Crippen LogP contribution in [-0.2, 0) is 0 Å². The van der Waals surface area contributed by atoms with Gasteiger partial charge in [-0.3, -0.25) is 0 Å². The van der Waals surface area contributed by atoms with E-state index in [4.69, 9.17) is 11.6 Å². The van der Waals surface area contributed by atoms with Crippen molar-refractivity contribution in [2.75, 3.05) is 5.32 Å². The molecule has 2 atom stereocenters. The molecule has 0 amide bonds. The molecule has 2 rings (SSSR count). The Balaban J connectivity index is 1.99. The molecule has 1 aromatic heterocycles. The van der Waals surface area contributed by atoms with E-state index in [9.17, 15) is 0 Å². The van der Waals surface area contributed by atoms with Crippen molar-refractivity contribution < 1.29 is 0 Å². The summed E-state index contributed by atoms with van der Waals surface area (Å²) in [6, 6.07) is 2.63. The number of nitrogens with one attached hydrogen (secondary N) is 1. The first-order valence-corrected chi connectivity index (χ1v) is 8.13. The Bertz CT molecular complexity index is 451. The molecule has 0 aromatic carbocycles. The lowest BCUT2D eigenvalue weighted by Crippen LogP contribution is -2.21. The molecule has 1 heterocycles. The molecule has 112 valence electrons. The van der Waals surface area contributed by atoms with Crippen molar-refractivity contribution in [1.29, 1.82) is 0 Å². The summed E-state index contributed by atoms with van der Waals surface area (Å²) in [5, 5.41) is 4.20. The van der Waals surface area contributed by atoms with Gasteiger partial charge in [-0.25, -0.2) is 4.98 Å². The van der Waals surface area contributed by atoms with E-state index in [1.165, 1.54) is 32.1 Å². The highest BCUT2D eigenvalue weighted by molar-refractivity contribution is 6.31. The van der Waals surface area contributed by atoms with E-state index in [1.807, 2.05) is 6.20 Å². The van der Waals surface area contributed by atoms with Crippen molar-refractivity contribution in [3.8, 4) is 0 Å². The van der Waals surface area contributed by atoms with Gasteiger partial charge in [-0.1, -0.05) is 38.8 Å². The first-order valence-electron chi connectivity index (χ1n) is 7.75. The summed E-state index contributed by atoms with van der Waals surface area (Å²) in [5.74, 6) is 0.834. The average Bonchev–Trinajstić information content (AvgIpc) is 2.59. The van der Waals surface area contributed by atoms with Crippen LogP contribution in [0.15, 0.2) is 12.3 Å². The lowest BCUT2D eigenvalue weighted by Gasteiger charge is -2.29. The van der Waals surface area contributed by atoms with Crippen LogP contribution in [0.4, 0.5) is 5.69 Å². The van der Waals surface area contributed by atoms with Gasteiger partial charge in [0.1, 0.15) is 0 Å². The van der Waals surface area contributed by atoms with E-state index in [-0.39, 0.29) is 0 Å². The van der Waals surface area contributed by atoms with Crippen molar-refractivity contribution in [3.05, 3.63) is 23.0 Å². The molecule has 1 fully saturated rings. The number of hydrogen-bond donors (Lipinski definition) is 1. The van der Waals surface area contributed by atoms with Crippen LogP contribution in [-0.4, -0.2) is 11.0 Å². The molecule has 0 radical (unpaired) electrons. The first kappa shape index (κ1) is 15.6. The molecule has 1 N–H and O–H groups in total. The summed E-state index contributed by atoms with van der Waals surface area (Å²) in [7, 11) is 0. The highest BCUT2D eigenvalue weighted by Gasteiger charge is 2.27. The second-order valence-corrected chi connectivity index (χ2v) is 7.62. The minimum absolute atomic E-state index is 0.428. The van der Waals surface area contributed by atoms with E-state index < -0.39 is 0 Å². The fourth-order valence-corrected chi connectivity index (χ4v) is 3.34. The van der Waals surface area contributed by atoms with Gasteiger partial charge >= 0.3 is 0 Å². The van der Waals surface area contributed by atoms with Crippen LogP contribution in [0.25, 0.3) is 0 Å². The Morgan fingerprint density at radius 2 is 1.95 bits per heavy atom. The van der Waals surface area contributed by atoms with Crippen LogP contribution >= 0.6 is 11.6 Å². The maximum Gasteiger partial charge on any atom is 0.152 e. The molecule has 0 saturated heterocycles. The van der Waals surface area contributed by atoms with Crippen LogP contribution in [0.2, 0.25) is 5.15 Å². The monoisotopic (exact) mass is 294 g/mol. The van der Waals surface area contributed by atoms with Gasteiger partial charge in [-0.05, 0) is 55.6 Å². The molecular weight excluding hydrogens is 268 g/mol. The third kappa shape index (κ3) is 4.12. The normalized spacial score (nSPS) is 24.2. The predicted molar refractivity (Wildman–Crippen MR) is 87.4 cm³/mol. The fourth-order valence-electron chi connectivity index (χ4n) is 3.19. The Kier molecular flexibility index (Phi) is 4.95. The smallest absolute Gasteiger partial charge is 0.152 e. The molecule has 1 saturated carbocycles. The molecule has 0 spiro atoms. The topological polar surface area (TPSA) is 24.9 Å². The van der Waals surface area contributed by atoms with Crippen LogP contribution in [0, 0.1) is 18.3 Å². The molecule has 0 aliphatic heterocycles. The lowest BCUT2D eigenvalue weighted by molar-refractivity contribution is 0.214. The van der Waals surface area contributed by atoms with Gasteiger partial charge in [0.2, 0.25) is 0 Å². The highest BCUT2D eigenvalue weighted by atomic mass is 35.5. The Hall–Kier alpha value is -0.760. The molecule has 3 heteroatoms. The largest absolute Gasteiger partial charge is 0.380 e. The zero-order valence-corrected chi connectivity index (χ0v) is 13.9. The summed E-state index contributed by atoms with van der Waals surface area (Å²) in [6.07, 6.45) is 8.23. The van der Waals surface area contributed by atoms with Crippen LogP contribution in [0.3, 0.4) is 0 Å². The van der Waals surface area contributed by atoms with E-state index in [1.54, 1.807) is 0 Å². The maximum atomic E-state index is 6.18. The molecule has 1 aromatic rings. The second-order valence-electron chi connectivity index (χ2n) is 7.26. The summed E-state index contributed by atoms with van der Waals surface area (Å²) in [5.41, 5.74) is 2.57. The number of rotatable bonds is 2. The quantitative estimate of drug-likeness (QED) is 0.579. The molecular formula is C17H27ClN2. The Labute approximate surface area is 128 Å². The number of aromatic nitrogens is 1. The predicted octanol–water partition coefficient (Wildman–Crippen LogP) is 5.45. The third-order valence-corrected chi connectivity index (χ3v) is 4.83. The van der Waals surface area contributed by atoms with Crippen molar-refractivity contribution >= 4 is 17.3 Å². The average molecular weight is 295 g/mol. The summed E-state index contributed by atoms with van der Waals surface area (Å²) < 4.78 is 0. The molecule has 0 bridgehead atoms. The van der Waals surface area contributed by atoms with E-state index in [2.05, 4.69) is 44.1 Å². The fraction of sp³-hybridized carbons (Fsp3) is 0.706. The second kappa shape index (κ2) is 6.34. The van der Waals surface area contributed by atoms with E-state index >= 15 is 0 Å². The summed E-state index contributed by atoms with van der Waals surface area (Å²) in [6.45, 7) is 9.16. The van der Waals surface area contributed by atoms with Gasteiger partial charge in [-0.2, -0.15) is 0 Å². The van der Waals surface area contributed by atoms with Crippen LogP contribution in [0.1, 0.15) is 58.4 Å². The van der Waals surface area contributed by atoms with Crippen LogP contribution < -0.4 is 5.32 Å². The van der Waals surface area contributed by atoms with E-state index in [0.29, 0.717) is 16.6 Å². The zero-order chi connectivity index (χ0) is 14.8. The Morgan fingerprint density at radius 1 is 1.20 bits per heavy atom. The summed E-state index contributed by atoms with van der Waals surface area (Å²) in [4.78, 5) is 4.22. The van der Waals surface area contributed by atoms with Gasteiger partial charge in [0, 0.05) is 12.2 Å². The van der Waals surface area contributed by atoms with Crippen molar-refractivity contribution in [2.45, 2.75) is 65.8 Å². The van der Waals surface area contributed by atoms with Crippen LogP contribution in [0.5, 0.6) is 0 Å². The number of pyridine rings is 1. The highest BCUT2D eigenvalue weighted by Crippen LogP contribution is 2.37. The molecule has 20 heavy (non-hydrogen) atoms. The Morgan fingerprint density at radius 3 is 2.65 bits per heavy atom. The van der Waals surface area contributed by atoms with Crippen molar-refractivity contribution in [1.82, 2.24) is 4.98 Å². The molecule has 2 unspecified atom stereocenters. The van der Waals surface area contributed by atoms with Crippen molar-refractivity contribution in [2.24, 2.45) is 11.3 Å². The van der Waals surface area contributed by atoms with Gasteiger partial charge in [-0.15, -0.1) is 0 Å². The van der Waals surface area contributed by atoms with Gasteiger partial charge in [0.15, 0.2) is 5.15 Å². The summed E-state index contributed by atoms with van der Waals surface area (Å²) >= 11 is 6.18. The number of anilines is 1. The molecule has 2 nitrogen and oxygen atoms in total. The third-order valence-electron chi connectivity index (χ3n) is 4.53. The molecule has 1 aliphatic rings. The number of aryl methyl sites for hydroxylation is 1. The lowest BCUT2D eigenvalue weighted by atomic mass is 9.76. The van der Waals surface area contributed by atoms with Crippen molar-refractivity contribution in [3.63, 3.8) is 0 Å². The number of nitrogens with zero attached hydrogens (tertiary/aromatic N) is 1. The zero-order valence-electron chi connectivity index (χ0n) is 13.2. The maximum absolute atomic E-state index is 6.18. The minimum Gasteiger partial charge on any atom is -0.380 e. The minimum atomic E-state index is 0.428. The van der Waals surface area contributed by atoms with Gasteiger partial charge in [0.25, 0.3) is 0 Å². The number of halogens is 1. The number of hydrogen-bond acceptors (Lipinski definition) is 2. The SMILES string of the molecule is Cc1cnc(Cl)c(NC2CCCC(C(C)(C)C)CC2)c1. The first-order chi connectivity index (χ1) is 9.36. The molecule has 1 aliphatic carbocycles. The van der Waals surface area contributed by atoms with E-state index in [0.717, 1.165) is 17.2 Å².